The van der Waals surface area contributed by atoms with E-state index in [1.807, 2.05) is 24.3 Å². The van der Waals surface area contributed by atoms with Gasteiger partial charge in [-0.1, -0.05) is 61.4 Å². The van der Waals surface area contributed by atoms with Crippen molar-refractivity contribution in [1.82, 2.24) is 10.2 Å². The number of hydrogen-bond donors (Lipinski definition) is 2. The maximum Gasteiger partial charge on any atom is 0.407 e. The number of carboxylic acid groups (broad SMARTS) is 1. The first-order valence-corrected chi connectivity index (χ1v) is 12.5. The summed E-state index contributed by atoms with van der Waals surface area (Å²) in [5, 5.41) is 12.3. The van der Waals surface area contributed by atoms with Crippen molar-refractivity contribution >= 4 is 18.0 Å². The van der Waals surface area contributed by atoms with Crippen molar-refractivity contribution in [2.24, 2.45) is 5.92 Å². The van der Waals surface area contributed by atoms with Crippen LogP contribution in [0.15, 0.2) is 48.5 Å². The Hall–Kier alpha value is -3.35. The number of fused-ring (bicyclic) bond motifs is 3. The zero-order chi connectivity index (χ0) is 24.9. The van der Waals surface area contributed by atoms with Crippen molar-refractivity contribution in [3.8, 4) is 11.1 Å². The molecule has 7 nitrogen and oxygen atoms in total. The monoisotopic (exact) mass is 478 g/mol. The topological polar surface area (TPSA) is 95.9 Å². The lowest BCUT2D eigenvalue weighted by Gasteiger charge is -2.34. The number of rotatable bonds is 8. The van der Waals surface area contributed by atoms with E-state index in [1.165, 1.54) is 23.0 Å². The smallest absolute Gasteiger partial charge is 0.407 e. The Balaban J connectivity index is 1.37. The summed E-state index contributed by atoms with van der Waals surface area (Å²) >= 11 is 0. The van der Waals surface area contributed by atoms with Gasteiger partial charge in [0.15, 0.2) is 0 Å². The molecule has 0 saturated heterocycles. The van der Waals surface area contributed by atoms with Crippen LogP contribution in [0.4, 0.5) is 4.79 Å². The number of carbonyl (C=O) groups is 3. The van der Waals surface area contributed by atoms with Crippen molar-refractivity contribution in [1.29, 1.82) is 0 Å². The molecule has 35 heavy (non-hydrogen) atoms. The number of nitrogens with zero attached hydrogens (tertiary/aromatic N) is 1. The predicted molar refractivity (Wildman–Crippen MR) is 133 cm³/mol. The first kappa shape index (κ1) is 24.8. The van der Waals surface area contributed by atoms with E-state index in [-0.39, 0.29) is 36.8 Å². The first-order chi connectivity index (χ1) is 16.9. The largest absolute Gasteiger partial charge is 0.480 e. The SMILES string of the molecule is CCN(C(=O)CC1CCCCC1NC(=O)OCC1c2ccccc2-c2ccccc21)C(C)C(=O)O. The zero-order valence-corrected chi connectivity index (χ0v) is 20.4. The Kier molecular flexibility index (Phi) is 7.73. The van der Waals surface area contributed by atoms with E-state index in [0.29, 0.717) is 6.54 Å². The Morgan fingerprint density at radius 1 is 1.03 bits per heavy atom. The normalized spacial score (nSPS) is 19.8. The van der Waals surface area contributed by atoms with Crippen molar-refractivity contribution < 1.29 is 24.2 Å². The average Bonchev–Trinajstić information content (AvgIpc) is 3.18. The molecule has 2 aromatic rings. The lowest BCUT2D eigenvalue weighted by Crippen LogP contribution is -2.47. The van der Waals surface area contributed by atoms with Gasteiger partial charge in [0.05, 0.1) is 0 Å². The molecule has 2 aromatic carbocycles. The number of nitrogens with one attached hydrogen (secondary N) is 1. The molecular formula is C28H34N2O5. The van der Waals surface area contributed by atoms with Gasteiger partial charge in [0, 0.05) is 24.9 Å². The summed E-state index contributed by atoms with van der Waals surface area (Å²) in [5.74, 6) is -1.25. The van der Waals surface area contributed by atoms with E-state index < -0.39 is 18.1 Å². The Bertz CT molecular complexity index is 1040. The molecule has 2 aliphatic rings. The lowest BCUT2D eigenvalue weighted by molar-refractivity contribution is -0.149. The molecule has 1 fully saturated rings. The quantitative estimate of drug-likeness (QED) is 0.568. The summed E-state index contributed by atoms with van der Waals surface area (Å²) in [4.78, 5) is 38.4. The number of benzene rings is 2. The van der Waals surface area contributed by atoms with Gasteiger partial charge in [-0.15, -0.1) is 0 Å². The van der Waals surface area contributed by atoms with Crippen LogP contribution in [-0.2, 0) is 14.3 Å². The highest BCUT2D eigenvalue weighted by Gasteiger charge is 2.33. The minimum absolute atomic E-state index is 0.00695. The Morgan fingerprint density at radius 3 is 2.23 bits per heavy atom. The van der Waals surface area contributed by atoms with Gasteiger partial charge in [0.25, 0.3) is 0 Å². The highest BCUT2D eigenvalue weighted by atomic mass is 16.5. The molecule has 2 aliphatic carbocycles. The van der Waals surface area contributed by atoms with Gasteiger partial charge in [-0.25, -0.2) is 9.59 Å². The molecule has 2 amide bonds. The lowest BCUT2D eigenvalue weighted by atomic mass is 9.82. The number of likely N-dealkylation sites (N-methyl/N-ethyl adjacent to an activating group) is 1. The van der Waals surface area contributed by atoms with Crippen LogP contribution in [0, 0.1) is 5.92 Å². The third-order valence-electron chi connectivity index (χ3n) is 7.48. The third kappa shape index (κ3) is 5.34. The fourth-order valence-corrected chi connectivity index (χ4v) is 5.57. The van der Waals surface area contributed by atoms with Crippen molar-refractivity contribution in [3.05, 3.63) is 59.7 Å². The summed E-state index contributed by atoms with van der Waals surface area (Å²) < 4.78 is 5.71. The van der Waals surface area contributed by atoms with Gasteiger partial charge < -0.3 is 20.1 Å². The second-order valence-corrected chi connectivity index (χ2v) is 9.52. The minimum Gasteiger partial charge on any atom is -0.480 e. The summed E-state index contributed by atoms with van der Waals surface area (Å²) in [6, 6.07) is 15.4. The summed E-state index contributed by atoms with van der Waals surface area (Å²) in [6.45, 7) is 3.89. The maximum absolute atomic E-state index is 12.9. The van der Waals surface area contributed by atoms with Gasteiger partial charge in [0.1, 0.15) is 12.6 Å². The Labute approximate surface area is 206 Å². The van der Waals surface area contributed by atoms with E-state index in [2.05, 4.69) is 29.6 Å². The molecule has 186 valence electrons. The molecule has 0 aliphatic heterocycles. The van der Waals surface area contributed by atoms with Crippen LogP contribution in [0.3, 0.4) is 0 Å². The summed E-state index contributed by atoms with van der Waals surface area (Å²) in [5.41, 5.74) is 4.68. The maximum atomic E-state index is 12.9. The van der Waals surface area contributed by atoms with Crippen LogP contribution in [0.2, 0.25) is 0 Å². The number of hydrogen-bond acceptors (Lipinski definition) is 4. The van der Waals surface area contributed by atoms with Crippen LogP contribution >= 0.6 is 0 Å². The van der Waals surface area contributed by atoms with E-state index >= 15 is 0 Å². The van der Waals surface area contributed by atoms with Crippen molar-refractivity contribution in [2.75, 3.05) is 13.2 Å². The highest BCUT2D eigenvalue weighted by molar-refractivity contribution is 5.83. The van der Waals surface area contributed by atoms with Gasteiger partial charge >= 0.3 is 12.1 Å². The summed E-state index contributed by atoms with van der Waals surface area (Å²) in [6.07, 6.45) is 3.31. The second kappa shape index (κ2) is 10.9. The zero-order valence-electron chi connectivity index (χ0n) is 20.4. The molecule has 4 rings (SSSR count). The fourth-order valence-electron chi connectivity index (χ4n) is 5.57. The summed E-state index contributed by atoms with van der Waals surface area (Å²) in [7, 11) is 0. The van der Waals surface area contributed by atoms with Gasteiger partial charge in [-0.05, 0) is 54.9 Å². The number of ether oxygens (including phenoxy) is 1. The Morgan fingerprint density at radius 2 is 1.63 bits per heavy atom. The minimum atomic E-state index is -1.02. The van der Waals surface area contributed by atoms with Crippen molar-refractivity contribution in [2.45, 2.75) is 64.0 Å². The standard InChI is InChI=1S/C28H34N2O5/c1-3-30(18(2)27(32)33)26(31)16-19-10-4-9-15-25(19)29-28(34)35-17-24-22-13-7-5-11-20(22)21-12-6-8-14-23(21)24/h5-8,11-14,18-19,24-25H,3-4,9-10,15-17H2,1-2H3,(H,29,34)(H,32,33). The molecular weight excluding hydrogens is 444 g/mol. The van der Waals surface area contributed by atoms with Gasteiger partial charge in [-0.2, -0.15) is 0 Å². The molecule has 0 heterocycles. The van der Waals surface area contributed by atoms with E-state index in [0.717, 1.165) is 36.8 Å². The number of carboxylic acids is 1. The molecule has 0 bridgehead atoms. The van der Waals surface area contributed by atoms with Crippen LogP contribution in [0.25, 0.3) is 11.1 Å². The molecule has 0 radical (unpaired) electrons. The highest BCUT2D eigenvalue weighted by Crippen LogP contribution is 2.44. The van der Waals surface area contributed by atoms with Crippen LogP contribution in [0.1, 0.15) is 63.0 Å². The molecule has 3 atom stereocenters. The predicted octanol–water partition coefficient (Wildman–Crippen LogP) is 4.80. The van der Waals surface area contributed by atoms with E-state index in [1.54, 1.807) is 6.92 Å². The van der Waals surface area contributed by atoms with E-state index in [9.17, 15) is 19.5 Å². The van der Waals surface area contributed by atoms with Crippen molar-refractivity contribution in [3.63, 3.8) is 0 Å². The van der Waals surface area contributed by atoms with Crippen LogP contribution < -0.4 is 5.32 Å². The number of amides is 2. The molecule has 0 spiro atoms. The molecule has 3 unspecified atom stereocenters. The molecule has 2 N–H and O–H groups in total. The second-order valence-electron chi connectivity index (χ2n) is 9.52. The third-order valence-corrected chi connectivity index (χ3v) is 7.48. The number of aliphatic carboxylic acids is 1. The van der Waals surface area contributed by atoms with Crippen LogP contribution in [-0.4, -0.2) is 53.2 Å². The number of carbonyl (C=O) groups excluding carboxylic acids is 2. The fraction of sp³-hybridized carbons (Fsp3) is 0.464. The average molecular weight is 479 g/mol. The first-order valence-electron chi connectivity index (χ1n) is 12.5. The molecule has 7 heteroatoms. The van der Waals surface area contributed by atoms with E-state index in [4.69, 9.17) is 4.74 Å². The number of alkyl carbamates (subject to hydrolysis) is 1. The van der Waals surface area contributed by atoms with Crippen LogP contribution in [0.5, 0.6) is 0 Å². The van der Waals surface area contributed by atoms with Gasteiger partial charge in [0.2, 0.25) is 5.91 Å². The molecule has 0 aromatic heterocycles. The van der Waals surface area contributed by atoms with Gasteiger partial charge in [-0.3, -0.25) is 4.79 Å². The molecule has 1 saturated carbocycles.